The molecule has 14 heavy (non-hydrogen) atoms. The Balaban J connectivity index is 2.14. The van der Waals surface area contributed by atoms with Crippen LogP contribution in [-0.2, 0) is 4.74 Å². The lowest BCUT2D eigenvalue weighted by atomic mass is 10.1. The lowest BCUT2D eigenvalue weighted by Crippen LogP contribution is -2.35. The molecule has 0 amide bonds. The Morgan fingerprint density at radius 3 is 3.07 bits per heavy atom. The van der Waals surface area contributed by atoms with E-state index in [1.807, 2.05) is 6.07 Å². The van der Waals surface area contributed by atoms with E-state index in [0.29, 0.717) is 0 Å². The fourth-order valence-electron chi connectivity index (χ4n) is 1.69. The van der Waals surface area contributed by atoms with Crippen molar-refractivity contribution in [3.05, 3.63) is 34.3 Å². The van der Waals surface area contributed by atoms with Gasteiger partial charge in [-0.2, -0.15) is 0 Å². The van der Waals surface area contributed by atoms with Crippen molar-refractivity contribution >= 4 is 15.9 Å². The predicted octanol–water partition coefficient (Wildman–Crippen LogP) is 2.45. The van der Waals surface area contributed by atoms with Crippen molar-refractivity contribution in [2.24, 2.45) is 0 Å². The zero-order valence-electron chi connectivity index (χ0n) is 8.24. The third-order valence-electron chi connectivity index (χ3n) is 2.49. The maximum Gasteiger partial charge on any atom is 0.0952 e. The van der Waals surface area contributed by atoms with Gasteiger partial charge in [0.2, 0.25) is 0 Å². The molecule has 2 rings (SSSR count). The number of rotatable bonds is 1. The van der Waals surface area contributed by atoms with Gasteiger partial charge in [0.25, 0.3) is 0 Å². The molecule has 0 aromatic heterocycles. The van der Waals surface area contributed by atoms with Gasteiger partial charge in [0.1, 0.15) is 0 Å². The van der Waals surface area contributed by atoms with Gasteiger partial charge in [-0.3, -0.25) is 0 Å². The summed E-state index contributed by atoms with van der Waals surface area (Å²) in [5.74, 6) is 0. The number of hydrogen-bond acceptors (Lipinski definition) is 2. The molecule has 2 nitrogen and oxygen atoms in total. The number of likely N-dealkylation sites (N-methyl/N-ethyl adjacent to an activating group) is 1. The number of nitrogens with zero attached hydrogens (tertiary/aromatic N) is 1. The third-order valence-corrected chi connectivity index (χ3v) is 2.98. The van der Waals surface area contributed by atoms with Crippen LogP contribution in [0, 0.1) is 0 Å². The molecule has 0 spiro atoms. The summed E-state index contributed by atoms with van der Waals surface area (Å²) >= 11 is 3.47. The summed E-state index contributed by atoms with van der Waals surface area (Å²) in [6, 6.07) is 8.34. The van der Waals surface area contributed by atoms with Crippen molar-refractivity contribution < 1.29 is 4.74 Å². The van der Waals surface area contributed by atoms with Gasteiger partial charge in [-0.05, 0) is 24.7 Å². The summed E-state index contributed by atoms with van der Waals surface area (Å²) in [6.45, 7) is 2.84. The molecule has 1 aliphatic rings. The molecule has 0 N–H and O–H groups in total. The molecule has 0 aliphatic carbocycles. The molecular weight excluding hydrogens is 242 g/mol. The minimum atomic E-state index is 0.228. The first-order valence-electron chi connectivity index (χ1n) is 4.81. The highest BCUT2D eigenvalue weighted by atomic mass is 79.9. The first-order chi connectivity index (χ1) is 6.75. The van der Waals surface area contributed by atoms with Crippen molar-refractivity contribution in [3.8, 4) is 0 Å². The van der Waals surface area contributed by atoms with Crippen molar-refractivity contribution in [2.75, 3.05) is 26.7 Å². The molecule has 0 saturated carbocycles. The normalized spacial score (nSPS) is 23.7. The Morgan fingerprint density at radius 2 is 2.36 bits per heavy atom. The summed E-state index contributed by atoms with van der Waals surface area (Å²) in [7, 11) is 2.13. The summed E-state index contributed by atoms with van der Waals surface area (Å²) in [5.41, 5.74) is 1.26. The second-order valence-electron chi connectivity index (χ2n) is 3.68. The molecule has 1 fully saturated rings. The fraction of sp³-hybridized carbons (Fsp3) is 0.455. The maximum absolute atomic E-state index is 5.73. The second kappa shape index (κ2) is 4.43. The minimum Gasteiger partial charge on any atom is -0.371 e. The molecule has 1 saturated heterocycles. The van der Waals surface area contributed by atoms with Gasteiger partial charge in [0, 0.05) is 17.6 Å². The van der Waals surface area contributed by atoms with Crippen LogP contribution in [0.2, 0.25) is 0 Å². The number of halogens is 1. The topological polar surface area (TPSA) is 12.5 Å². The highest BCUT2D eigenvalue weighted by Crippen LogP contribution is 2.23. The van der Waals surface area contributed by atoms with Crippen LogP contribution in [0.3, 0.4) is 0 Å². The zero-order valence-corrected chi connectivity index (χ0v) is 9.83. The monoisotopic (exact) mass is 255 g/mol. The first kappa shape index (κ1) is 10.1. The van der Waals surface area contributed by atoms with Gasteiger partial charge in [0.05, 0.1) is 12.7 Å². The van der Waals surface area contributed by atoms with Crippen LogP contribution in [0.1, 0.15) is 11.7 Å². The molecule has 76 valence electrons. The average Bonchev–Trinajstić information content (AvgIpc) is 2.18. The number of benzene rings is 1. The molecule has 3 heteroatoms. The summed E-state index contributed by atoms with van der Waals surface area (Å²) in [5, 5.41) is 0. The van der Waals surface area contributed by atoms with Gasteiger partial charge in [0.15, 0.2) is 0 Å². The standard InChI is InChI=1S/C11H14BrNO/c1-13-5-6-14-11(8-13)9-3-2-4-10(12)7-9/h2-4,7,11H,5-6,8H2,1H3. The van der Waals surface area contributed by atoms with Gasteiger partial charge < -0.3 is 9.64 Å². The lowest BCUT2D eigenvalue weighted by molar-refractivity contribution is -0.0209. The Hall–Kier alpha value is -0.380. The predicted molar refractivity (Wildman–Crippen MR) is 60.3 cm³/mol. The molecule has 1 heterocycles. The van der Waals surface area contributed by atoms with Crippen LogP contribution < -0.4 is 0 Å². The molecule has 1 aliphatic heterocycles. The number of morpholine rings is 1. The highest BCUT2D eigenvalue weighted by Gasteiger charge is 2.19. The molecule has 1 aromatic rings. The molecule has 1 unspecified atom stereocenters. The van der Waals surface area contributed by atoms with Crippen LogP contribution in [0.15, 0.2) is 28.7 Å². The smallest absolute Gasteiger partial charge is 0.0952 e. The summed E-state index contributed by atoms with van der Waals surface area (Å²) in [4.78, 5) is 2.30. The maximum atomic E-state index is 5.73. The van der Waals surface area contributed by atoms with Gasteiger partial charge in [-0.25, -0.2) is 0 Å². The Morgan fingerprint density at radius 1 is 1.50 bits per heavy atom. The van der Waals surface area contributed by atoms with E-state index in [0.717, 1.165) is 24.2 Å². The van der Waals surface area contributed by atoms with Crippen LogP contribution in [0.4, 0.5) is 0 Å². The molecule has 1 aromatic carbocycles. The van der Waals surface area contributed by atoms with Gasteiger partial charge in [-0.1, -0.05) is 28.1 Å². The van der Waals surface area contributed by atoms with E-state index >= 15 is 0 Å². The van der Waals surface area contributed by atoms with E-state index in [4.69, 9.17) is 4.74 Å². The highest BCUT2D eigenvalue weighted by molar-refractivity contribution is 9.10. The van der Waals surface area contributed by atoms with Crippen LogP contribution in [-0.4, -0.2) is 31.6 Å². The molecule has 1 atom stereocenters. The van der Waals surface area contributed by atoms with Crippen LogP contribution >= 0.6 is 15.9 Å². The van der Waals surface area contributed by atoms with Gasteiger partial charge in [-0.15, -0.1) is 0 Å². The largest absolute Gasteiger partial charge is 0.371 e. The SMILES string of the molecule is CN1CCOC(c2cccc(Br)c2)C1. The zero-order chi connectivity index (χ0) is 9.97. The molecule has 0 bridgehead atoms. The van der Waals surface area contributed by atoms with E-state index in [2.05, 4.69) is 46.1 Å². The van der Waals surface area contributed by atoms with Gasteiger partial charge >= 0.3 is 0 Å². The number of hydrogen-bond donors (Lipinski definition) is 0. The fourth-order valence-corrected chi connectivity index (χ4v) is 2.10. The summed E-state index contributed by atoms with van der Waals surface area (Å²) < 4.78 is 6.84. The Labute approximate surface area is 93.0 Å². The van der Waals surface area contributed by atoms with Crippen molar-refractivity contribution in [1.82, 2.24) is 4.90 Å². The van der Waals surface area contributed by atoms with E-state index in [1.54, 1.807) is 0 Å². The molecular formula is C11H14BrNO. The third kappa shape index (κ3) is 2.35. The quantitative estimate of drug-likeness (QED) is 0.765. The van der Waals surface area contributed by atoms with E-state index in [9.17, 15) is 0 Å². The lowest BCUT2D eigenvalue weighted by Gasteiger charge is -2.30. The van der Waals surface area contributed by atoms with E-state index in [-0.39, 0.29) is 6.10 Å². The summed E-state index contributed by atoms with van der Waals surface area (Å²) in [6.07, 6.45) is 0.228. The Bertz CT molecular complexity index is 316. The molecule has 0 radical (unpaired) electrons. The average molecular weight is 256 g/mol. The van der Waals surface area contributed by atoms with E-state index < -0.39 is 0 Å². The Kier molecular flexibility index (Phi) is 3.21. The van der Waals surface area contributed by atoms with E-state index in [1.165, 1.54) is 5.56 Å². The van der Waals surface area contributed by atoms with Crippen LogP contribution in [0.25, 0.3) is 0 Å². The first-order valence-corrected chi connectivity index (χ1v) is 5.60. The van der Waals surface area contributed by atoms with Crippen molar-refractivity contribution in [3.63, 3.8) is 0 Å². The second-order valence-corrected chi connectivity index (χ2v) is 4.59. The number of ether oxygens (including phenoxy) is 1. The van der Waals surface area contributed by atoms with Crippen molar-refractivity contribution in [2.45, 2.75) is 6.10 Å². The minimum absolute atomic E-state index is 0.228. The van der Waals surface area contributed by atoms with Crippen molar-refractivity contribution in [1.29, 1.82) is 0 Å². The van der Waals surface area contributed by atoms with Crippen LogP contribution in [0.5, 0.6) is 0 Å².